The molecule has 0 aromatic carbocycles. The number of hydrogen-bond donors (Lipinski definition) is 0. The Morgan fingerprint density at radius 1 is 1.31 bits per heavy atom. The predicted molar refractivity (Wildman–Crippen MR) is 52.7 cm³/mol. The molecule has 1 aromatic rings. The highest BCUT2D eigenvalue weighted by atomic mass is 79.9. The van der Waals surface area contributed by atoms with E-state index in [2.05, 4.69) is 25.9 Å². The van der Waals surface area contributed by atoms with Crippen LogP contribution in [-0.4, -0.2) is 21.4 Å². The fraction of sp³-hybridized carbons (Fsp3) is 0.556. The molecule has 1 aliphatic rings. The van der Waals surface area contributed by atoms with Crippen LogP contribution < -0.4 is 0 Å². The lowest BCUT2D eigenvalue weighted by atomic mass is 10.1. The Morgan fingerprint density at radius 3 is 2.69 bits per heavy atom. The van der Waals surface area contributed by atoms with Crippen LogP contribution >= 0.6 is 15.9 Å². The van der Waals surface area contributed by atoms with Crippen LogP contribution in [0.15, 0.2) is 18.5 Å². The minimum Gasteiger partial charge on any atom is -0.369 e. The van der Waals surface area contributed by atoms with Gasteiger partial charge in [-0.05, 0) is 18.9 Å². The number of aromatic nitrogens is 2. The molecule has 2 rings (SSSR count). The van der Waals surface area contributed by atoms with Crippen LogP contribution in [0.3, 0.4) is 0 Å². The van der Waals surface area contributed by atoms with Crippen molar-refractivity contribution in [1.82, 2.24) is 9.97 Å². The molecular weight excluding hydrogens is 232 g/mol. The SMILES string of the molecule is BrC1CCC(c2ncccn2)OC1. The molecule has 0 saturated carbocycles. The molecule has 4 heteroatoms. The van der Waals surface area contributed by atoms with Gasteiger partial charge in [0, 0.05) is 17.2 Å². The first-order valence-electron chi connectivity index (χ1n) is 4.39. The minimum atomic E-state index is 0.0926. The minimum absolute atomic E-state index is 0.0926. The van der Waals surface area contributed by atoms with Crippen LogP contribution in [0.2, 0.25) is 0 Å². The normalized spacial score (nSPS) is 28.7. The molecule has 1 aromatic heterocycles. The first kappa shape index (κ1) is 9.09. The second-order valence-corrected chi connectivity index (χ2v) is 4.40. The topological polar surface area (TPSA) is 35.0 Å². The van der Waals surface area contributed by atoms with Crippen LogP contribution in [0.1, 0.15) is 24.8 Å². The van der Waals surface area contributed by atoms with E-state index in [1.54, 1.807) is 12.4 Å². The van der Waals surface area contributed by atoms with Gasteiger partial charge in [0.25, 0.3) is 0 Å². The first-order chi connectivity index (χ1) is 6.36. The fourth-order valence-corrected chi connectivity index (χ4v) is 1.82. The third kappa shape index (κ3) is 2.25. The van der Waals surface area contributed by atoms with E-state index in [-0.39, 0.29) is 6.10 Å². The summed E-state index contributed by atoms with van der Waals surface area (Å²) in [4.78, 5) is 8.85. The molecule has 0 aliphatic carbocycles. The number of ether oxygens (including phenoxy) is 1. The monoisotopic (exact) mass is 242 g/mol. The average molecular weight is 243 g/mol. The first-order valence-corrected chi connectivity index (χ1v) is 5.30. The van der Waals surface area contributed by atoms with Crippen molar-refractivity contribution >= 4 is 15.9 Å². The molecule has 2 atom stereocenters. The molecular formula is C9H11BrN2O. The molecule has 0 amide bonds. The highest BCUT2D eigenvalue weighted by Gasteiger charge is 2.22. The summed E-state index contributed by atoms with van der Waals surface area (Å²) in [6.45, 7) is 0.753. The van der Waals surface area contributed by atoms with Gasteiger partial charge in [-0.1, -0.05) is 15.9 Å². The Bertz CT molecular complexity index is 260. The summed E-state index contributed by atoms with van der Waals surface area (Å²) in [7, 11) is 0. The lowest BCUT2D eigenvalue weighted by Crippen LogP contribution is -2.21. The maximum Gasteiger partial charge on any atom is 0.157 e. The summed E-state index contributed by atoms with van der Waals surface area (Å²) < 4.78 is 5.60. The molecule has 2 unspecified atom stereocenters. The molecule has 0 bridgehead atoms. The maximum atomic E-state index is 5.60. The zero-order chi connectivity index (χ0) is 9.10. The molecule has 13 heavy (non-hydrogen) atoms. The quantitative estimate of drug-likeness (QED) is 0.708. The smallest absolute Gasteiger partial charge is 0.157 e. The number of rotatable bonds is 1. The van der Waals surface area contributed by atoms with Crippen molar-refractivity contribution in [3.63, 3.8) is 0 Å². The Labute approximate surface area is 85.7 Å². The third-order valence-electron chi connectivity index (χ3n) is 2.09. The van der Waals surface area contributed by atoms with Gasteiger partial charge < -0.3 is 4.74 Å². The van der Waals surface area contributed by atoms with E-state index in [1.807, 2.05) is 6.07 Å². The van der Waals surface area contributed by atoms with Gasteiger partial charge in [-0.3, -0.25) is 0 Å². The molecule has 70 valence electrons. The van der Waals surface area contributed by atoms with Crippen LogP contribution in [-0.2, 0) is 4.74 Å². The Balaban J connectivity index is 2.03. The molecule has 1 fully saturated rings. The molecule has 0 N–H and O–H groups in total. The van der Waals surface area contributed by atoms with Crippen molar-refractivity contribution in [1.29, 1.82) is 0 Å². The number of alkyl halides is 1. The highest BCUT2D eigenvalue weighted by Crippen LogP contribution is 2.27. The van der Waals surface area contributed by atoms with E-state index in [0.29, 0.717) is 4.83 Å². The standard InChI is InChI=1S/C9H11BrN2O/c10-7-2-3-8(13-6-7)9-11-4-1-5-12-9/h1,4-5,7-8H,2-3,6H2. The summed E-state index contributed by atoms with van der Waals surface area (Å²) in [5.74, 6) is 0.807. The van der Waals surface area contributed by atoms with Crippen molar-refractivity contribution in [2.75, 3.05) is 6.61 Å². The molecule has 3 nitrogen and oxygen atoms in total. The summed E-state index contributed by atoms with van der Waals surface area (Å²) >= 11 is 3.52. The number of halogens is 1. The predicted octanol–water partition coefficient (Wildman–Crippen LogP) is 2.09. The Kier molecular flexibility index (Phi) is 2.90. The summed E-state index contributed by atoms with van der Waals surface area (Å²) in [6.07, 6.45) is 5.73. The number of hydrogen-bond acceptors (Lipinski definition) is 3. The van der Waals surface area contributed by atoms with E-state index >= 15 is 0 Å². The Hall–Kier alpha value is -0.480. The van der Waals surface area contributed by atoms with Gasteiger partial charge in [0.2, 0.25) is 0 Å². The van der Waals surface area contributed by atoms with Gasteiger partial charge in [-0.15, -0.1) is 0 Å². The van der Waals surface area contributed by atoms with Crippen molar-refractivity contribution in [3.8, 4) is 0 Å². The summed E-state index contributed by atoms with van der Waals surface area (Å²) in [5.41, 5.74) is 0. The van der Waals surface area contributed by atoms with E-state index in [0.717, 1.165) is 25.3 Å². The van der Waals surface area contributed by atoms with Crippen molar-refractivity contribution in [2.24, 2.45) is 0 Å². The van der Waals surface area contributed by atoms with E-state index in [9.17, 15) is 0 Å². The van der Waals surface area contributed by atoms with Crippen LogP contribution in [0.4, 0.5) is 0 Å². The fourth-order valence-electron chi connectivity index (χ4n) is 1.40. The van der Waals surface area contributed by atoms with E-state index in [4.69, 9.17) is 4.74 Å². The zero-order valence-electron chi connectivity index (χ0n) is 7.19. The molecule has 0 radical (unpaired) electrons. The van der Waals surface area contributed by atoms with Crippen LogP contribution in [0.5, 0.6) is 0 Å². The third-order valence-corrected chi connectivity index (χ3v) is 2.82. The lowest BCUT2D eigenvalue weighted by Gasteiger charge is -2.24. The van der Waals surface area contributed by atoms with Gasteiger partial charge in [0.15, 0.2) is 5.82 Å². The van der Waals surface area contributed by atoms with E-state index < -0.39 is 0 Å². The van der Waals surface area contributed by atoms with Gasteiger partial charge >= 0.3 is 0 Å². The van der Waals surface area contributed by atoms with Crippen LogP contribution in [0.25, 0.3) is 0 Å². The van der Waals surface area contributed by atoms with Crippen molar-refractivity contribution < 1.29 is 4.74 Å². The van der Waals surface area contributed by atoms with Crippen LogP contribution in [0, 0.1) is 0 Å². The van der Waals surface area contributed by atoms with Gasteiger partial charge in [-0.25, -0.2) is 9.97 Å². The summed E-state index contributed by atoms with van der Waals surface area (Å²) in [6, 6.07) is 1.82. The second kappa shape index (κ2) is 4.15. The average Bonchev–Trinajstić information content (AvgIpc) is 2.20. The molecule has 1 aliphatic heterocycles. The molecule has 0 spiro atoms. The lowest BCUT2D eigenvalue weighted by molar-refractivity contribution is 0.0142. The van der Waals surface area contributed by atoms with Crippen molar-refractivity contribution in [2.45, 2.75) is 23.8 Å². The van der Waals surface area contributed by atoms with Gasteiger partial charge in [0.05, 0.1) is 6.61 Å². The van der Waals surface area contributed by atoms with E-state index in [1.165, 1.54) is 0 Å². The van der Waals surface area contributed by atoms with Crippen molar-refractivity contribution in [3.05, 3.63) is 24.3 Å². The number of nitrogens with zero attached hydrogens (tertiary/aromatic N) is 2. The maximum absolute atomic E-state index is 5.60. The summed E-state index contributed by atoms with van der Waals surface area (Å²) in [5, 5.41) is 0. The van der Waals surface area contributed by atoms with Gasteiger partial charge in [-0.2, -0.15) is 0 Å². The zero-order valence-corrected chi connectivity index (χ0v) is 8.77. The molecule has 1 saturated heterocycles. The molecule has 2 heterocycles. The largest absolute Gasteiger partial charge is 0.369 e. The Morgan fingerprint density at radius 2 is 2.08 bits per heavy atom. The van der Waals surface area contributed by atoms with Gasteiger partial charge in [0.1, 0.15) is 6.10 Å². The highest BCUT2D eigenvalue weighted by molar-refractivity contribution is 9.09. The second-order valence-electron chi connectivity index (χ2n) is 3.10.